The van der Waals surface area contributed by atoms with Crippen LogP contribution in [-0.4, -0.2) is 54.0 Å². The van der Waals surface area contributed by atoms with Gasteiger partial charge in [0.1, 0.15) is 5.75 Å². The van der Waals surface area contributed by atoms with Crippen LogP contribution in [0.3, 0.4) is 0 Å². The van der Waals surface area contributed by atoms with Gasteiger partial charge in [-0.15, -0.1) is 0 Å². The Morgan fingerprint density at radius 2 is 1.71 bits per heavy atom. The molecule has 5 rings (SSSR count). The Morgan fingerprint density at radius 1 is 0.947 bits per heavy atom. The minimum atomic E-state index is -0.842. The van der Waals surface area contributed by atoms with Crippen molar-refractivity contribution in [1.82, 2.24) is 9.80 Å². The molecule has 0 saturated carbocycles. The highest BCUT2D eigenvalue weighted by molar-refractivity contribution is 9.10. The second-order valence-electron chi connectivity index (χ2n) is 9.76. The summed E-state index contributed by atoms with van der Waals surface area (Å²) >= 11 is 9.75. The van der Waals surface area contributed by atoms with Gasteiger partial charge in [-0.05, 0) is 81.7 Å². The number of hydrogen-bond donors (Lipinski definition) is 1. The molecule has 2 heterocycles. The van der Waals surface area contributed by atoms with Crippen LogP contribution in [0.15, 0.2) is 71.2 Å². The molecule has 2 amide bonds. The minimum Gasteiger partial charge on any atom is -0.411 e. The van der Waals surface area contributed by atoms with Crippen LogP contribution in [-0.2, 0) is 0 Å². The zero-order chi connectivity index (χ0) is 26.6. The summed E-state index contributed by atoms with van der Waals surface area (Å²) in [6.45, 7) is 3.37. The second kappa shape index (κ2) is 11.7. The Hall–Kier alpha value is -3.13. The molecule has 2 atom stereocenters. The van der Waals surface area contributed by atoms with Gasteiger partial charge in [-0.2, -0.15) is 0 Å². The summed E-state index contributed by atoms with van der Waals surface area (Å²) in [5.41, 5.74) is 8.90. The molecule has 0 radical (unpaired) electrons. The smallest absolute Gasteiger partial charge is 0.409 e. The molecule has 2 saturated heterocycles. The zero-order valence-electron chi connectivity index (χ0n) is 20.9. The van der Waals surface area contributed by atoms with Crippen LogP contribution in [0.4, 0.5) is 4.79 Å². The predicted molar refractivity (Wildman–Crippen MR) is 154 cm³/mol. The van der Waals surface area contributed by atoms with Gasteiger partial charge < -0.3 is 15.4 Å². The van der Waals surface area contributed by atoms with Gasteiger partial charge in [0.2, 0.25) is 0 Å². The maximum atomic E-state index is 13.6. The maximum absolute atomic E-state index is 13.6. The molecular formula is C30H29BrClN3O3. The molecule has 0 spiro atoms. The monoisotopic (exact) mass is 593 g/mol. The summed E-state index contributed by atoms with van der Waals surface area (Å²) in [7, 11) is 0. The number of halogens is 2. The number of hydrogen-bond acceptors (Lipinski definition) is 4. The van der Waals surface area contributed by atoms with E-state index in [2.05, 4.69) is 33.0 Å². The third-order valence-corrected chi connectivity index (χ3v) is 8.49. The Labute approximate surface area is 236 Å². The topological polar surface area (TPSA) is 75.9 Å². The van der Waals surface area contributed by atoms with E-state index in [1.165, 1.54) is 5.56 Å². The van der Waals surface area contributed by atoms with E-state index in [1.54, 1.807) is 12.1 Å². The molecule has 3 aromatic carbocycles. The van der Waals surface area contributed by atoms with Gasteiger partial charge >= 0.3 is 6.09 Å². The summed E-state index contributed by atoms with van der Waals surface area (Å²) in [6, 6.07) is 21.4. The normalized spacial score (nSPS) is 19.8. The van der Waals surface area contributed by atoms with E-state index in [4.69, 9.17) is 22.1 Å². The van der Waals surface area contributed by atoms with Crippen LogP contribution in [0.25, 0.3) is 12.2 Å². The molecule has 0 aromatic heterocycles. The number of primary amides is 1. The predicted octanol–water partition coefficient (Wildman–Crippen LogP) is 6.43. The highest BCUT2D eigenvalue weighted by Gasteiger charge is 2.35. The largest absolute Gasteiger partial charge is 0.411 e. The van der Waals surface area contributed by atoms with Crippen LogP contribution >= 0.6 is 27.5 Å². The molecule has 196 valence electrons. The fraction of sp³-hybridized carbons (Fsp3) is 0.267. The number of piperidine rings is 1. The van der Waals surface area contributed by atoms with Gasteiger partial charge in [0.25, 0.3) is 5.91 Å². The van der Waals surface area contributed by atoms with Gasteiger partial charge in [0.15, 0.2) is 0 Å². The van der Waals surface area contributed by atoms with Crippen molar-refractivity contribution < 1.29 is 14.3 Å². The highest BCUT2D eigenvalue weighted by atomic mass is 79.9. The third kappa shape index (κ3) is 6.12. The number of carbonyl (C=O) groups is 2. The van der Waals surface area contributed by atoms with Gasteiger partial charge in [0.05, 0.1) is 5.56 Å². The van der Waals surface area contributed by atoms with E-state index in [0.717, 1.165) is 59.6 Å². The molecule has 0 bridgehead atoms. The van der Waals surface area contributed by atoms with E-state index in [9.17, 15) is 9.59 Å². The van der Waals surface area contributed by atoms with Crippen molar-refractivity contribution in [2.45, 2.75) is 24.8 Å². The van der Waals surface area contributed by atoms with Crippen molar-refractivity contribution in [3.8, 4) is 5.75 Å². The first-order chi connectivity index (χ1) is 18.4. The molecule has 3 aromatic rings. The first-order valence-electron chi connectivity index (χ1n) is 12.7. The molecular weight excluding hydrogens is 566 g/mol. The van der Waals surface area contributed by atoms with Crippen molar-refractivity contribution in [3.63, 3.8) is 0 Å². The van der Waals surface area contributed by atoms with E-state index in [1.807, 2.05) is 59.5 Å². The number of amides is 2. The molecule has 2 N–H and O–H groups in total. The number of nitrogens with two attached hydrogens (primary N) is 1. The lowest BCUT2D eigenvalue weighted by atomic mass is 9.86. The van der Waals surface area contributed by atoms with Crippen molar-refractivity contribution in [1.29, 1.82) is 0 Å². The van der Waals surface area contributed by atoms with E-state index >= 15 is 0 Å². The summed E-state index contributed by atoms with van der Waals surface area (Å²) in [4.78, 5) is 29.0. The lowest BCUT2D eigenvalue weighted by Crippen LogP contribution is -2.57. The number of fused-ring (bicyclic) bond motifs is 1. The summed E-state index contributed by atoms with van der Waals surface area (Å²) in [6.07, 6.45) is 5.25. The molecule has 2 fully saturated rings. The van der Waals surface area contributed by atoms with Crippen LogP contribution in [0.1, 0.15) is 45.8 Å². The summed E-state index contributed by atoms with van der Waals surface area (Å²) in [5, 5.41) is 0.770. The van der Waals surface area contributed by atoms with Crippen molar-refractivity contribution >= 4 is 51.7 Å². The number of benzene rings is 3. The summed E-state index contributed by atoms with van der Waals surface area (Å²) in [5.74, 6) is 0.955. The fourth-order valence-electron chi connectivity index (χ4n) is 5.33. The van der Waals surface area contributed by atoms with Gasteiger partial charge in [-0.3, -0.25) is 9.69 Å². The molecule has 38 heavy (non-hydrogen) atoms. The van der Waals surface area contributed by atoms with Crippen LogP contribution < -0.4 is 10.5 Å². The Bertz CT molecular complexity index is 1340. The van der Waals surface area contributed by atoms with E-state index in [-0.39, 0.29) is 5.91 Å². The first kappa shape index (κ1) is 26.5. The molecule has 2 aliphatic heterocycles. The number of rotatable bonds is 5. The number of carbonyl (C=O) groups excluding carboxylic acids is 2. The molecule has 8 heteroatoms. The standard InChI is InChI=1S/C30H29BrClN3O3/c31-28-22(7-4-20-5-14-26(15-6-20)38-30(33)37)2-1-3-27(28)29(36)35-17-16-34-18-23(10-13-25(34)19-35)21-8-11-24(32)12-9-21/h1-9,11-12,14-15,23,25H,10,13,16-19H2,(H2,33,37)/b7-4+/t23-,25+/m0/s1. The van der Waals surface area contributed by atoms with Gasteiger partial charge in [-0.25, -0.2) is 4.79 Å². The number of piperazine rings is 1. The van der Waals surface area contributed by atoms with Crippen molar-refractivity contribution in [2.24, 2.45) is 5.73 Å². The highest BCUT2D eigenvalue weighted by Crippen LogP contribution is 2.33. The summed E-state index contributed by atoms with van der Waals surface area (Å²) < 4.78 is 5.65. The van der Waals surface area contributed by atoms with Gasteiger partial charge in [-0.1, -0.05) is 60.2 Å². The lowest BCUT2D eigenvalue weighted by Gasteiger charge is -2.46. The quantitative estimate of drug-likeness (QED) is 0.345. The first-order valence-corrected chi connectivity index (χ1v) is 13.9. The van der Waals surface area contributed by atoms with Crippen LogP contribution in [0, 0.1) is 0 Å². The van der Waals surface area contributed by atoms with E-state index < -0.39 is 6.09 Å². The van der Waals surface area contributed by atoms with E-state index in [0.29, 0.717) is 23.3 Å². The van der Waals surface area contributed by atoms with Crippen molar-refractivity contribution in [2.75, 3.05) is 26.2 Å². The number of nitrogens with zero attached hydrogens (tertiary/aromatic N) is 2. The lowest BCUT2D eigenvalue weighted by molar-refractivity contribution is 0.0328. The average molecular weight is 595 g/mol. The zero-order valence-corrected chi connectivity index (χ0v) is 23.2. The second-order valence-corrected chi connectivity index (χ2v) is 11.0. The SMILES string of the molecule is NC(=O)Oc1ccc(/C=C/c2cccc(C(=O)N3CCN4C[C@@H](c5ccc(Cl)cc5)CC[C@@H]4C3)c2Br)cc1. The average Bonchev–Trinajstić information content (AvgIpc) is 2.92. The fourth-order valence-corrected chi connectivity index (χ4v) is 6.02. The number of ether oxygens (including phenoxy) is 1. The molecule has 0 unspecified atom stereocenters. The van der Waals surface area contributed by atoms with Crippen LogP contribution in [0.2, 0.25) is 5.02 Å². The van der Waals surface area contributed by atoms with Crippen LogP contribution in [0.5, 0.6) is 5.75 Å². The van der Waals surface area contributed by atoms with Crippen molar-refractivity contribution in [3.05, 3.63) is 98.5 Å². The maximum Gasteiger partial charge on any atom is 0.409 e. The molecule has 0 aliphatic carbocycles. The minimum absolute atomic E-state index is 0.0551. The molecule has 2 aliphatic rings. The third-order valence-electron chi connectivity index (χ3n) is 7.35. The van der Waals surface area contributed by atoms with Gasteiger partial charge in [0, 0.05) is 41.7 Å². The Balaban J connectivity index is 1.23. The molecule has 6 nitrogen and oxygen atoms in total. The Morgan fingerprint density at radius 3 is 2.45 bits per heavy atom. The Kier molecular flexibility index (Phi) is 8.17.